The largest absolute Gasteiger partial charge is 0.325 e. The molecule has 0 unspecified atom stereocenters. The van der Waals surface area contributed by atoms with Crippen LogP contribution in [-0.4, -0.2) is 10.5 Å². The molecule has 2 N–H and O–H groups in total. The summed E-state index contributed by atoms with van der Waals surface area (Å²) >= 11 is 3.35. The van der Waals surface area contributed by atoms with Gasteiger partial charge in [0.05, 0.1) is 9.40 Å². The molecule has 0 atom stereocenters. The van der Waals surface area contributed by atoms with Gasteiger partial charge in [-0.1, -0.05) is 19.1 Å². The summed E-state index contributed by atoms with van der Waals surface area (Å²) < 4.78 is 0.573. The summed E-state index contributed by atoms with van der Waals surface area (Å²) in [6, 6.07) is 5.16. The normalized spacial score (nSPS) is 27.2. The average Bonchev–Trinajstić information content (AvgIpc) is 2.36. The highest BCUT2D eigenvalue weighted by Crippen LogP contribution is 2.36. The minimum Gasteiger partial charge on any atom is -0.325 e. The van der Waals surface area contributed by atoms with Crippen molar-refractivity contribution in [1.29, 1.82) is 0 Å². The van der Waals surface area contributed by atoms with Crippen molar-refractivity contribution in [2.24, 2.45) is 11.7 Å². The van der Waals surface area contributed by atoms with Crippen LogP contribution in [0.4, 0.5) is 5.69 Å². The van der Waals surface area contributed by atoms with E-state index in [-0.39, 0.29) is 16.1 Å². The molecule has 0 aromatic heterocycles. The van der Waals surface area contributed by atoms with Crippen LogP contribution in [-0.2, 0) is 6.42 Å². The molecule has 4 nitrogen and oxygen atoms in total. The predicted octanol–water partition coefficient (Wildman–Crippen LogP) is 3.81. The summed E-state index contributed by atoms with van der Waals surface area (Å²) in [6.07, 6.45) is 4.96. The molecule has 1 saturated carbocycles. The molecule has 104 valence electrons. The molecule has 0 saturated heterocycles. The van der Waals surface area contributed by atoms with Crippen LogP contribution in [0.5, 0.6) is 0 Å². The van der Waals surface area contributed by atoms with E-state index in [0.29, 0.717) is 10.9 Å². The van der Waals surface area contributed by atoms with E-state index >= 15 is 0 Å². The Hall–Kier alpha value is -0.940. The van der Waals surface area contributed by atoms with Crippen LogP contribution < -0.4 is 5.73 Å². The van der Waals surface area contributed by atoms with Crippen molar-refractivity contribution in [1.82, 2.24) is 0 Å². The second kappa shape index (κ2) is 5.59. The number of benzene rings is 1. The summed E-state index contributed by atoms with van der Waals surface area (Å²) in [5.41, 5.74) is 7.29. The monoisotopic (exact) mass is 326 g/mol. The molecule has 5 heteroatoms. The highest BCUT2D eigenvalue weighted by molar-refractivity contribution is 9.10. The molecular formula is C14H19BrN2O2. The van der Waals surface area contributed by atoms with Gasteiger partial charge in [0.2, 0.25) is 0 Å². The number of halogens is 1. The number of rotatable bonds is 3. The first-order chi connectivity index (χ1) is 8.91. The molecule has 0 aliphatic heterocycles. The lowest BCUT2D eigenvalue weighted by Crippen LogP contribution is -2.45. The van der Waals surface area contributed by atoms with Crippen LogP contribution in [0.25, 0.3) is 0 Å². The fraction of sp³-hybridized carbons (Fsp3) is 0.571. The highest BCUT2D eigenvalue weighted by atomic mass is 79.9. The number of nitrogens with two attached hydrogens (primary N) is 1. The molecular weight excluding hydrogens is 308 g/mol. The zero-order chi connectivity index (χ0) is 14.0. The minimum atomic E-state index is -0.361. The van der Waals surface area contributed by atoms with E-state index in [1.54, 1.807) is 6.07 Å². The molecule has 0 radical (unpaired) electrons. The van der Waals surface area contributed by atoms with Gasteiger partial charge in [-0.15, -0.1) is 0 Å². The van der Waals surface area contributed by atoms with E-state index < -0.39 is 0 Å². The lowest BCUT2D eigenvalue weighted by atomic mass is 9.75. The van der Waals surface area contributed by atoms with Gasteiger partial charge < -0.3 is 5.73 Å². The Bertz CT molecular complexity index is 482. The van der Waals surface area contributed by atoms with E-state index in [1.165, 1.54) is 6.07 Å². The van der Waals surface area contributed by atoms with E-state index in [2.05, 4.69) is 22.9 Å². The summed E-state index contributed by atoms with van der Waals surface area (Å²) in [5.74, 6) is 0.741. The minimum absolute atomic E-state index is 0.116. The molecule has 0 spiro atoms. The van der Waals surface area contributed by atoms with E-state index in [0.717, 1.165) is 37.2 Å². The second-order valence-corrected chi connectivity index (χ2v) is 6.52. The van der Waals surface area contributed by atoms with Crippen LogP contribution >= 0.6 is 15.9 Å². The lowest BCUT2D eigenvalue weighted by Gasteiger charge is -2.36. The van der Waals surface area contributed by atoms with Gasteiger partial charge >= 0.3 is 0 Å². The smallest absolute Gasteiger partial charge is 0.283 e. The maximum absolute atomic E-state index is 10.9. The molecule has 1 aliphatic carbocycles. The Kier molecular flexibility index (Phi) is 4.26. The topological polar surface area (TPSA) is 69.2 Å². The number of nitrogens with zero attached hydrogens (tertiary/aromatic N) is 1. The third kappa shape index (κ3) is 3.34. The van der Waals surface area contributed by atoms with Crippen LogP contribution in [0.2, 0.25) is 0 Å². The van der Waals surface area contributed by atoms with Gasteiger partial charge in [0, 0.05) is 11.6 Å². The second-order valence-electron chi connectivity index (χ2n) is 5.73. The SMILES string of the molecule is CC1CCC(N)(Cc2cccc([N+](=O)[O-])c2Br)CC1. The van der Waals surface area contributed by atoms with Crippen molar-refractivity contribution >= 4 is 21.6 Å². The van der Waals surface area contributed by atoms with Gasteiger partial charge in [-0.3, -0.25) is 10.1 Å². The van der Waals surface area contributed by atoms with Gasteiger partial charge in [-0.05, 0) is 59.5 Å². The lowest BCUT2D eigenvalue weighted by molar-refractivity contribution is -0.385. The first-order valence-corrected chi connectivity index (χ1v) is 7.41. The van der Waals surface area contributed by atoms with Crippen molar-refractivity contribution in [2.45, 2.75) is 44.6 Å². The number of nitro groups is 1. The third-order valence-electron chi connectivity index (χ3n) is 4.07. The van der Waals surface area contributed by atoms with E-state index in [9.17, 15) is 10.1 Å². The van der Waals surface area contributed by atoms with Gasteiger partial charge in [0.1, 0.15) is 0 Å². The fourth-order valence-electron chi connectivity index (χ4n) is 2.74. The molecule has 0 amide bonds. The maximum Gasteiger partial charge on any atom is 0.283 e. The Labute approximate surface area is 121 Å². The van der Waals surface area contributed by atoms with Gasteiger partial charge in [-0.2, -0.15) is 0 Å². The molecule has 0 heterocycles. The molecule has 1 aromatic carbocycles. The van der Waals surface area contributed by atoms with Crippen LogP contribution in [0.15, 0.2) is 22.7 Å². The zero-order valence-corrected chi connectivity index (χ0v) is 12.6. The standard InChI is InChI=1S/C14H19BrN2O2/c1-10-5-7-14(16,8-6-10)9-11-3-2-4-12(13(11)15)17(18)19/h2-4,10H,5-9,16H2,1H3. The van der Waals surface area contributed by atoms with Crippen LogP contribution in [0.3, 0.4) is 0 Å². The van der Waals surface area contributed by atoms with Crippen molar-refractivity contribution < 1.29 is 4.92 Å². The molecule has 1 aromatic rings. The fourth-order valence-corrected chi connectivity index (χ4v) is 3.29. The van der Waals surface area contributed by atoms with Crippen molar-refractivity contribution in [3.63, 3.8) is 0 Å². The summed E-state index contributed by atoms with van der Waals surface area (Å²) in [4.78, 5) is 10.6. The van der Waals surface area contributed by atoms with Gasteiger partial charge in [0.15, 0.2) is 0 Å². The number of nitro benzene ring substituents is 1. The number of hydrogen-bond acceptors (Lipinski definition) is 3. The average molecular weight is 327 g/mol. The van der Waals surface area contributed by atoms with E-state index in [4.69, 9.17) is 5.73 Å². The Morgan fingerprint density at radius 1 is 1.47 bits per heavy atom. The highest BCUT2D eigenvalue weighted by Gasteiger charge is 2.31. The zero-order valence-electron chi connectivity index (χ0n) is 11.1. The van der Waals surface area contributed by atoms with Gasteiger partial charge in [0.25, 0.3) is 5.69 Å². The predicted molar refractivity (Wildman–Crippen MR) is 79.1 cm³/mol. The molecule has 2 rings (SSSR count). The Morgan fingerprint density at radius 2 is 2.11 bits per heavy atom. The molecule has 1 fully saturated rings. The molecule has 0 bridgehead atoms. The first kappa shape index (κ1) is 14.5. The summed E-state index contributed by atoms with van der Waals surface area (Å²) in [7, 11) is 0. The molecule has 19 heavy (non-hydrogen) atoms. The Morgan fingerprint density at radius 3 is 2.68 bits per heavy atom. The molecule has 1 aliphatic rings. The Balaban J connectivity index is 2.19. The third-order valence-corrected chi connectivity index (χ3v) is 4.98. The van der Waals surface area contributed by atoms with Crippen molar-refractivity contribution in [3.05, 3.63) is 38.3 Å². The first-order valence-electron chi connectivity index (χ1n) is 6.62. The van der Waals surface area contributed by atoms with Gasteiger partial charge in [-0.25, -0.2) is 0 Å². The summed E-state index contributed by atoms with van der Waals surface area (Å²) in [6.45, 7) is 2.25. The quantitative estimate of drug-likeness (QED) is 0.678. The summed E-state index contributed by atoms with van der Waals surface area (Å²) in [5, 5.41) is 10.9. The van der Waals surface area contributed by atoms with E-state index in [1.807, 2.05) is 6.07 Å². The maximum atomic E-state index is 10.9. The number of hydrogen-bond donors (Lipinski definition) is 1. The van der Waals surface area contributed by atoms with Crippen LogP contribution in [0, 0.1) is 16.0 Å². The van der Waals surface area contributed by atoms with Crippen LogP contribution in [0.1, 0.15) is 38.2 Å². The van der Waals surface area contributed by atoms with Crippen molar-refractivity contribution in [3.8, 4) is 0 Å². The van der Waals surface area contributed by atoms with Crippen molar-refractivity contribution in [2.75, 3.05) is 0 Å².